The van der Waals surface area contributed by atoms with E-state index in [1.54, 1.807) is 6.92 Å². The fourth-order valence-corrected chi connectivity index (χ4v) is 9.63. The standard InChI is InChI=1S/C9H25N3O2SSi2/c1-8-9(10)12(17(5,6)7)15(13,14)11-16(2,3)4/h10-11H,8H2,1-7H3. The number of hydrogen-bond donors (Lipinski definition) is 2. The smallest absolute Gasteiger partial charge is 0.288 e. The second kappa shape index (κ2) is 5.21. The van der Waals surface area contributed by atoms with Crippen molar-refractivity contribution in [2.24, 2.45) is 0 Å². The highest BCUT2D eigenvalue weighted by Gasteiger charge is 2.37. The largest absolute Gasteiger partial charge is 0.288 e. The Bertz CT molecular complexity index is 382. The molecule has 2 N–H and O–H groups in total. The third-order valence-corrected chi connectivity index (χ3v) is 9.90. The summed E-state index contributed by atoms with van der Waals surface area (Å²) in [4.78, 5) is 0. The first kappa shape index (κ1) is 16.8. The Morgan fingerprint density at radius 1 is 1.18 bits per heavy atom. The van der Waals surface area contributed by atoms with Gasteiger partial charge >= 0.3 is 0 Å². The maximum Gasteiger partial charge on any atom is 0.288 e. The van der Waals surface area contributed by atoms with Gasteiger partial charge < -0.3 is 0 Å². The lowest BCUT2D eigenvalue weighted by molar-refractivity contribution is 0.565. The predicted octanol–water partition coefficient (Wildman–Crippen LogP) is 2.18. The van der Waals surface area contributed by atoms with E-state index in [0.29, 0.717) is 6.42 Å². The number of amidine groups is 1. The van der Waals surface area contributed by atoms with Crippen LogP contribution in [-0.2, 0) is 10.2 Å². The molecular weight excluding hydrogens is 270 g/mol. The van der Waals surface area contributed by atoms with Gasteiger partial charge in [-0.15, -0.1) is 0 Å². The van der Waals surface area contributed by atoms with Crippen molar-refractivity contribution >= 4 is 32.5 Å². The summed E-state index contributed by atoms with van der Waals surface area (Å²) in [7, 11) is -7.64. The maximum atomic E-state index is 12.3. The molecule has 17 heavy (non-hydrogen) atoms. The zero-order valence-corrected chi connectivity index (χ0v) is 14.7. The minimum Gasteiger partial charge on any atom is -0.288 e. The molecule has 0 aromatic rings. The summed E-state index contributed by atoms with van der Waals surface area (Å²) < 4.78 is 28.7. The highest BCUT2D eigenvalue weighted by molar-refractivity contribution is 7.90. The Kier molecular flexibility index (Phi) is 5.15. The number of rotatable bonds is 5. The van der Waals surface area contributed by atoms with Gasteiger partial charge in [-0.05, 0) is 0 Å². The summed E-state index contributed by atoms with van der Waals surface area (Å²) >= 11 is 0. The molecule has 0 aromatic heterocycles. The topological polar surface area (TPSA) is 73.3 Å². The van der Waals surface area contributed by atoms with E-state index in [0.717, 1.165) is 0 Å². The quantitative estimate of drug-likeness (QED) is 0.463. The summed E-state index contributed by atoms with van der Waals surface area (Å²) in [5.41, 5.74) is 0. The van der Waals surface area contributed by atoms with Crippen LogP contribution >= 0.6 is 0 Å². The van der Waals surface area contributed by atoms with Crippen LogP contribution in [0.2, 0.25) is 39.3 Å². The summed E-state index contributed by atoms with van der Waals surface area (Å²) in [5, 5.41) is 7.87. The van der Waals surface area contributed by atoms with Gasteiger partial charge in [0.05, 0.1) is 0 Å². The molecule has 5 nitrogen and oxygen atoms in total. The molecule has 0 radical (unpaired) electrons. The van der Waals surface area contributed by atoms with Gasteiger partial charge in [-0.3, -0.25) is 9.38 Å². The average Bonchev–Trinajstić information content (AvgIpc) is 1.95. The van der Waals surface area contributed by atoms with Crippen molar-refractivity contribution < 1.29 is 8.42 Å². The van der Waals surface area contributed by atoms with Gasteiger partial charge in [0, 0.05) is 6.42 Å². The molecule has 0 amide bonds. The first-order chi connectivity index (χ1) is 7.31. The molecule has 0 bridgehead atoms. The molecule has 0 spiro atoms. The number of nitrogens with zero attached hydrogens (tertiary/aromatic N) is 1. The van der Waals surface area contributed by atoms with E-state index < -0.39 is 26.7 Å². The summed E-state index contributed by atoms with van der Waals surface area (Å²) in [6.07, 6.45) is 0.427. The Hall–Kier alpha value is -0.186. The van der Waals surface area contributed by atoms with Crippen LogP contribution in [-0.4, -0.2) is 34.7 Å². The molecule has 0 fully saturated rings. The van der Waals surface area contributed by atoms with Gasteiger partial charge in [-0.25, -0.2) is 4.39 Å². The lowest BCUT2D eigenvalue weighted by Gasteiger charge is -2.36. The van der Waals surface area contributed by atoms with E-state index in [1.807, 2.05) is 39.3 Å². The SMILES string of the molecule is CCC(=N)N([Si](C)(C)C)S(=O)(=O)N[Si](C)(C)C. The van der Waals surface area contributed by atoms with Gasteiger partial charge in [0.25, 0.3) is 10.2 Å². The number of hydrogen-bond acceptors (Lipinski definition) is 3. The van der Waals surface area contributed by atoms with E-state index in [9.17, 15) is 8.42 Å². The van der Waals surface area contributed by atoms with Gasteiger partial charge in [-0.1, -0.05) is 46.2 Å². The molecule has 0 unspecified atom stereocenters. The molecule has 0 heterocycles. The molecule has 8 heteroatoms. The Labute approximate surface area is 107 Å². The summed E-state index contributed by atoms with van der Waals surface area (Å²) in [5.74, 6) is 0.176. The molecular formula is C9H25N3O2SSi2. The van der Waals surface area contributed by atoms with Crippen molar-refractivity contribution in [2.45, 2.75) is 52.6 Å². The van der Waals surface area contributed by atoms with Crippen molar-refractivity contribution in [3.05, 3.63) is 0 Å². The van der Waals surface area contributed by atoms with Crippen LogP contribution in [0, 0.1) is 5.41 Å². The van der Waals surface area contributed by atoms with Crippen LogP contribution in [0.25, 0.3) is 0 Å². The van der Waals surface area contributed by atoms with Crippen LogP contribution in [0.1, 0.15) is 13.3 Å². The highest BCUT2D eigenvalue weighted by Crippen LogP contribution is 2.17. The Morgan fingerprint density at radius 3 is 1.82 bits per heavy atom. The second-order valence-electron chi connectivity index (χ2n) is 6.09. The molecule has 0 aromatic carbocycles. The van der Waals surface area contributed by atoms with Crippen LogP contribution in [0.4, 0.5) is 0 Å². The van der Waals surface area contributed by atoms with E-state index in [4.69, 9.17) is 5.41 Å². The Balaban J connectivity index is 5.42. The third-order valence-electron chi connectivity index (χ3n) is 1.86. The van der Waals surface area contributed by atoms with Crippen molar-refractivity contribution in [1.82, 2.24) is 8.36 Å². The van der Waals surface area contributed by atoms with E-state index >= 15 is 0 Å². The molecule has 102 valence electrons. The van der Waals surface area contributed by atoms with Crippen molar-refractivity contribution in [2.75, 3.05) is 0 Å². The van der Waals surface area contributed by atoms with Crippen molar-refractivity contribution in [1.29, 1.82) is 5.41 Å². The fraction of sp³-hybridized carbons (Fsp3) is 0.889. The van der Waals surface area contributed by atoms with Crippen molar-refractivity contribution in [3.63, 3.8) is 0 Å². The van der Waals surface area contributed by atoms with Crippen molar-refractivity contribution in [3.8, 4) is 0 Å². The number of nitrogens with one attached hydrogen (secondary N) is 2. The average molecular weight is 296 g/mol. The maximum absolute atomic E-state index is 12.3. The summed E-state index contributed by atoms with van der Waals surface area (Å²) in [6.45, 7) is 13.4. The van der Waals surface area contributed by atoms with Crippen LogP contribution in [0.5, 0.6) is 0 Å². The van der Waals surface area contributed by atoms with E-state index in [-0.39, 0.29) is 5.84 Å². The minimum absolute atomic E-state index is 0.176. The summed E-state index contributed by atoms with van der Waals surface area (Å²) in [6, 6.07) is 0. The van der Waals surface area contributed by atoms with Crippen LogP contribution < -0.4 is 4.39 Å². The van der Waals surface area contributed by atoms with Crippen LogP contribution in [0.3, 0.4) is 0 Å². The first-order valence-corrected chi connectivity index (χ1v) is 14.1. The zero-order valence-electron chi connectivity index (χ0n) is 11.9. The molecule has 0 aliphatic carbocycles. The molecule has 0 aliphatic heterocycles. The Morgan fingerprint density at radius 2 is 1.59 bits per heavy atom. The molecule has 0 aliphatic rings. The monoisotopic (exact) mass is 295 g/mol. The lowest BCUT2D eigenvalue weighted by atomic mass is 10.5. The minimum atomic E-state index is -3.57. The lowest BCUT2D eigenvalue weighted by Crippen LogP contribution is -2.60. The fourth-order valence-electron chi connectivity index (χ4n) is 1.49. The van der Waals surface area contributed by atoms with Gasteiger partial charge in [-0.2, -0.15) is 8.42 Å². The van der Waals surface area contributed by atoms with E-state index in [1.165, 1.54) is 3.97 Å². The van der Waals surface area contributed by atoms with Gasteiger partial charge in [0.15, 0.2) is 8.24 Å². The zero-order chi connectivity index (χ0) is 14.1. The van der Waals surface area contributed by atoms with E-state index in [2.05, 4.69) is 4.39 Å². The normalized spacial score (nSPS) is 13.6. The van der Waals surface area contributed by atoms with Gasteiger partial charge in [0.1, 0.15) is 14.1 Å². The molecule has 0 rings (SSSR count). The first-order valence-electron chi connectivity index (χ1n) is 5.73. The predicted molar refractivity (Wildman–Crippen MR) is 78.6 cm³/mol. The molecule has 0 saturated carbocycles. The third kappa shape index (κ3) is 5.32. The highest BCUT2D eigenvalue weighted by atomic mass is 32.2. The molecule has 0 atom stereocenters. The molecule has 0 saturated heterocycles. The second-order valence-corrected chi connectivity index (χ2v) is 17.8. The van der Waals surface area contributed by atoms with Gasteiger partial charge in [0.2, 0.25) is 0 Å². The van der Waals surface area contributed by atoms with Crippen LogP contribution in [0.15, 0.2) is 0 Å².